The first-order valence-corrected chi connectivity index (χ1v) is 11.9. The number of carbonyl (C=O) groups excluding carboxylic acids is 1. The second kappa shape index (κ2) is 10.2. The van der Waals surface area contributed by atoms with Gasteiger partial charge in [0.1, 0.15) is 0 Å². The van der Waals surface area contributed by atoms with Crippen LogP contribution in [0.3, 0.4) is 0 Å². The largest absolute Gasteiger partial charge is 0.323 e. The average molecular weight is 450 g/mol. The van der Waals surface area contributed by atoms with Crippen LogP contribution in [0.15, 0.2) is 36.5 Å². The molecule has 2 amide bonds. The lowest BCUT2D eigenvalue weighted by atomic mass is 10.1. The Kier molecular flexibility index (Phi) is 7.58. The summed E-state index contributed by atoms with van der Waals surface area (Å²) in [6.07, 6.45) is 2.11. The van der Waals surface area contributed by atoms with Crippen molar-refractivity contribution in [3.05, 3.63) is 53.6 Å². The second-order valence-corrected chi connectivity index (χ2v) is 9.63. The minimum atomic E-state index is -3.21. The van der Waals surface area contributed by atoms with Crippen LogP contribution in [-0.2, 0) is 16.6 Å². The van der Waals surface area contributed by atoms with Gasteiger partial charge in [0, 0.05) is 44.0 Å². The number of benzene rings is 1. The molecule has 2 N–H and O–H groups in total. The van der Waals surface area contributed by atoms with E-state index in [9.17, 15) is 17.6 Å². The lowest BCUT2D eigenvalue weighted by Gasteiger charge is -2.34. The van der Waals surface area contributed by atoms with Crippen molar-refractivity contribution >= 4 is 27.4 Å². The predicted octanol–water partition coefficient (Wildman–Crippen LogP) is 3.03. The molecule has 168 valence electrons. The summed E-state index contributed by atoms with van der Waals surface area (Å²) in [5.41, 5.74) is 1.86. The quantitative estimate of drug-likeness (QED) is 0.678. The van der Waals surface area contributed by atoms with Crippen LogP contribution in [0.2, 0.25) is 0 Å². The Labute approximate surface area is 182 Å². The highest BCUT2D eigenvalue weighted by atomic mass is 32.2. The number of urea groups is 1. The third-order valence-corrected chi connectivity index (χ3v) is 7.15. The molecular weight excluding hydrogens is 421 g/mol. The van der Waals surface area contributed by atoms with Crippen LogP contribution >= 0.6 is 0 Å². The molecule has 1 aromatic carbocycles. The molecule has 0 atom stereocenters. The number of aromatic nitrogens is 1. The molecule has 0 saturated carbocycles. The van der Waals surface area contributed by atoms with Gasteiger partial charge in [-0.25, -0.2) is 17.6 Å². The third kappa shape index (κ3) is 6.22. The van der Waals surface area contributed by atoms with E-state index in [-0.39, 0.29) is 11.4 Å². The van der Waals surface area contributed by atoms with Crippen molar-refractivity contribution < 1.29 is 17.6 Å². The Morgan fingerprint density at radius 1 is 1.13 bits per heavy atom. The van der Waals surface area contributed by atoms with Gasteiger partial charge in [0.15, 0.2) is 5.82 Å². The number of aryl methyl sites for hydroxylation is 1. The summed E-state index contributed by atoms with van der Waals surface area (Å²) >= 11 is 0. The molecule has 1 aliphatic rings. The number of hydrogen-bond donors (Lipinski definition) is 2. The fourth-order valence-corrected chi connectivity index (χ4v) is 4.91. The van der Waals surface area contributed by atoms with Crippen molar-refractivity contribution in [3.63, 3.8) is 0 Å². The molecule has 0 unspecified atom stereocenters. The summed E-state index contributed by atoms with van der Waals surface area (Å²) in [6, 6.07) is 7.78. The molecule has 0 spiro atoms. The summed E-state index contributed by atoms with van der Waals surface area (Å²) in [5.74, 6) is -0.350. The maximum absolute atomic E-state index is 15.0. The number of anilines is 2. The van der Waals surface area contributed by atoms with Gasteiger partial charge < -0.3 is 10.6 Å². The van der Waals surface area contributed by atoms with Gasteiger partial charge in [-0.2, -0.15) is 4.31 Å². The molecule has 1 saturated heterocycles. The Bertz CT molecular complexity index is 1010. The maximum atomic E-state index is 15.0. The lowest BCUT2D eigenvalue weighted by Crippen LogP contribution is -2.48. The zero-order valence-corrected chi connectivity index (χ0v) is 18.6. The number of amides is 2. The summed E-state index contributed by atoms with van der Waals surface area (Å²) in [7, 11) is -3.21. The smallest absolute Gasteiger partial charge is 0.306 e. The summed E-state index contributed by atoms with van der Waals surface area (Å²) in [4.78, 5) is 18.3. The van der Waals surface area contributed by atoms with Crippen molar-refractivity contribution in [2.75, 3.05) is 42.6 Å². The number of rotatable bonds is 7. The van der Waals surface area contributed by atoms with Gasteiger partial charge in [-0.3, -0.25) is 9.88 Å². The summed E-state index contributed by atoms with van der Waals surface area (Å²) in [6.45, 7) is 5.88. The minimum absolute atomic E-state index is 0.0826. The van der Waals surface area contributed by atoms with E-state index < -0.39 is 21.9 Å². The van der Waals surface area contributed by atoms with Crippen molar-refractivity contribution in [3.8, 4) is 0 Å². The van der Waals surface area contributed by atoms with Crippen LogP contribution in [-0.4, -0.2) is 60.6 Å². The van der Waals surface area contributed by atoms with E-state index in [0.29, 0.717) is 50.4 Å². The normalized spacial score (nSPS) is 15.6. The SMILES string of the molecule is CCCS(=O)(=O)N1CCN(Cc2cccc(NC(=O)Nc3ccc(C)nc3)c2F)CC1. The number of pyridine rings is 1. The maximum Gasteiger partial charge on any atom is 0.323 e. The minimum Gasteiger partial charge on any atom is -0.306 e. The molecule has 0 bridgehead atoms. The fourth-order valence-electron chi connectivity index (χ4n) is 3.42. The van der Waals surface area contributed by atoms with Crippen molar-refractivity contribution in [2.24, 2.45) is 0 Å². The molecule has 2 heterocycles. The standard InChI is InChI=1S/C21H28FN5O3S/c1-3-13-31(29,30)27-11-9-26(10-12-27)15-17-5-4-6-19(20(17)22)25-21(28)24-18-8-7-16(2)23-14-18/h4-8,14H,3,9-13,15H2,1-2H3,(H2,24,25,28). The van der Waals surface area contributed by atoms with E-state index in [1.165, 1.54) is 16.6 Å². The van der Waals surface area contributed by atoms with E-state index in [4.69, 9.17) is 0 Å². The zero-order valence-electron chi connectivity index (χ0n) is 17.8. The van der Waals surface area contributed by atoms with E-state index in [1.807, 2.05) is 18.7 Å². The van der Waals surface area contributed by atoms with Crippen LogP contribution in [0.5, 0.6) is 0 Å². The van der Waals surface area contributed by atoms with Crippen LogP contribution < -0.4 is 10.6 Å². The highest BCUT2D eigenvalue weighted by Gasteiger charge is 2.26. The van der Waals surface area contributed by atoms with Gasteiger partial charge in [0.25, 0.3) is 0 Å². The van der Waals surface area contributed by atoms with Crippen LogP contribution in [0.4, 0.5) is 20.6 Å². The van der Waals surface area contributed by atoms with Crippen LogP contribution in [0.1, 0.15) is 24.6 Å². The number of nitrogens with one attached hydrogen (secondary N) is 2. The Morgan fingerprint density at radius 3 is 2.52 bits per heavy atom. The zero-order chi connectivity index (χ0) is 22.4. The fraction of sp³-hybridized carbons (Fsp3) is 0.429. The second-order valence-electron chi connectivity index (χ2n) is 7.54. The molecular formula is C21H28FN5O3S. The molecule has 8 nitrogen and oxygen atoms in total. The van der Waals surface area contributed by atoms with Gasteiger partial charge in [0.2, 0.25) is 10.0 Å². The molecule has 0 aliphatic carbocycles. The van der Waals surface area contributed by atoms with Gasteiger partial charge >= 0.3 is 6.03 Å². The van der Waals surface area contributed by atoms with Gasteiger partial charge in [-0.15, -0.1) is 0 Å². The van der Waals surface area contributed by atoms with Gasteiger partial charge in [0.05, 0.1) is 23.3 Å². The van der Waals surface area contributed by atoms with E-state index in [0.717, 1.165) is 5.69 Å². The number of halogens is 1. The van der Waals surface area contributed by atoms with Gasteiger partial charge in [-0.05, 0) is 31.5 Å². The molecule has 31 heavy (non-hydrogen) atoms. The number of sulfonamides is 1. The Hall–Kier alpha value is -2.56. The third-order valence-electron chi connectivity index (χ3n) is 5.08. The predicted molar refractivity (Wildman–Crippen MR) is 119 cm³/mol. The average Bonchev–Trinajstić information content (AvgIpc) is 2.73. The summed E-state index contributed by atoms with van der Waals surface area (Å²) < 4.78 is 40.9. The molecule has 1 fully saturated rings. The first kappa shape index (κ1) is 23.1. The molecule has 2 aromatic rings. The molecule has 3 rings (SSSR count). The van der Waals surface area contributed by atoms with Crippen LogP contribution in [0, 0.1) is 12.7 Å². The van der Waals surface area contributed by atoms with Gasteiger partial charge in [-0.1, -0.05) is 19.1 Å². The first-order valence-electron chi connectivity index (χ1n) is 10.3. The molecule has 0 radical (unpaired) electrons. The Morgan fingerprint density at radius 2 is 1.87 bits per heavy atom. The topological polar surface area (TPSA) is 94.6 Å². The molecule has 1 aliphatic heterocycles. The number of piperazine rings is 1. The number of nitrogens with zero attached hydrogens (tertiary/aromatic N) is 3. The van der Waals surface area contributed by atoms with E-state index >= 15 is 0 Å². The summed E-state index contributed by atoms with van der Waals surface area (Å²) in [5, 5.41) is 5.16. The Balaban J connectivity index is 1.58. The van der Waals surface area contributed by atoms with Crippen molar-refractivity contribution in [2.45, 2.75) is 26.8 Å². The monoisotopic (exact) mass is 449 g/mol. The number of carbonyl (C=O) groups is 1. The van der Waals surface area contributed by atoms with Crippen molar-refractivity contribution in [1.82, 2.24) is 14.2 Å². The molecule has 10 heteroatoms. The highest BCUT2D eigenvalue weighted by molar-refractivity contribution is 7.89. The first-order chi connectivity index (χ1) is 14.8. The highest BCUT2D eigenvalue weighted by Crippen LogP contribution is 2.21. The van der Waals surface area contributed by atoms with Crippen LogP contribution in [0.25, 0.3) is 0 Å². The van der Waals surface area contributed by atoms with E-state index in [1.54, 1.807) is 24.3 Å². The molecule has 1 aromatic heterocycles. The number of hydrogen-bond acceptors (Lipinski definition) is 5. The lowest BCUT2D eigenvalue weighted by molar-refractivity contribution is 0.180. The van der Waals surface area contributed by atoms with E-state index in [2.05, 4.69) is 15.6 Å². The van der Waals surface area contributed by atoms with Crippen molar-refractivity contribution in [1.29, 1.82) is 0 Å².